The maximum absolute atomic E-state index is 12.1. The van der Waals surface area contributed by atoms with Gasteiger partial charge in [0, 0.05) is 23.0 Å². The van der Waals surface area contributed by atoms with Crippen molar-refractivity contribution < 1.29 is 10.4 Å². The molecule has 0 saturated carbocycles. The first-order valence-corrected chi connectivity index (χ1v) is 10.8. The molecule has 3 N–H and O–H groups in total. The highest BCUT2D eigenvalue weighted by Gasteiger charge is 2.54. The minimum atomic E-state index is -0.623. The van der Waals surface area contributed by atoms with Gasteiger partial charge in [-0.15, -0.1) is 0 Å². The molecule has 0 radical (unpaired) electrons. The summed E-state index contributed by atoms with van der Waals surface area (Å²) in [6, 6.07) is 22.2. The molecule has 2 heteroatoms. The van der Waals surface area contributed by atoms with Gasteiger partial charge < -0.3 is 10.4 Å². The topological polar surface area (TPSA) is 36.8 Å². The van der Waals surface area contributed by atoms with Gasteiger partial charge in [0.1, 0.15) is 12.1 Å². The lowest BCUT2D eigenvalue weighted by Crippen LogP contribution is -2.93. The third-order valence-corrected chi connectivity index (χ3v) is 6.72. The van der Waals surface area contributed by atoms with Crippen LogP contribution in [0.3, 0.4) is 0 Å². The van der Waals surface area contributed by atoms with Crippen LogP contribution < -0.4 is 5.32 Å². The number of quaternary nitrogens is 1. The maximum Gasteiger partial charge on any atom is 0.118 e. The van der Waals surface area contributed by atoms with Crippen molar-refractivity contribution in [2.45, 2.75) is 70.6 Å². The Kier molecular flexibility index (Phi) is 6.73. The number of benzene rings is 2. The van der Waals surface area contributed by atoms with Gasteiger partial charge in [0.05, 0.1) is 5.60 Å². The fourth-order valence-corrected chi connectivity index (χ4v) is 5.19. The van der Waals surface area contributed by atoms with Crippen LogP contribution >= 0.6 is 0 Å². The summed E-state index contributed by atoms with van der Waals surface area (Å²) in [6.45, 7) is 6.74. The fraction of sp³-hybridized carbons (Fsp3) is 0.520. The molecule has 0 amide bonds. The zero-order chi connectivity index (χ0) is 19.3. The van der Waals surface area contributed by atoms with Gasteiger partial charge in [0.2, 0.25) is 0 Å². The van der Waals surface area contributed by atoms with Crippen molar-refractivity contribution in [3.8, 4) is 0 Å². The maximum atomic E-state index is 12.1. The average molecular weight is 367 g/mol. The molecule has 1 aliphatic rings. The number of aliphatic hydroxyl groups is 1. The SMILES string of the molecule is CCCCC1(O)C(C)C(c2ccccc2)[NH2+]C(c2ccccc2)C1CCC. The standard InChI is InChI=1S/C25H35NO/c1-4-6-18-25(27)19(3)23(20-14-9-7-10-15-20)26-24(22(25)13-5-2)21-16-11-8-12-17-21/h7-12,14-17,19,22-24,26-27H,4-6,13,18H2,1-3H3/p+1. The van der Waals surface area contributed by atoms with Crippen molar-refractivity contribution in [3.05, 3.63) is 71.8 Å². The second-order valence-electron chi connectivity index (χ2n) is 8.34. The molecule has 5 unspecified atom stereocenters. The van der Waals surface area contributed by atoms with Crippen LogP contribution in [0, 0.1) is 11.8 Å². The third kappa shape index (κ3) is 4.12. The molecule has 2 aromatic carbocycles. The molecule has 27 heavy (non-hydrogen) atoms. The zero-order valence-electron chi connectivity index (χ0n) is 17.1. The molecule has 5 atom stereocenters. The first kappa shape index (κ1) is 20.1. The van der Waals surface area contributed by atoms with Crippen molar-refractivity contribution in [1.82, 2.24) is 0 Å². The lowest BCUT2D eigenvalue weighted by molar-refractivity contribution is -0.765. The average Bonchev–Trinajstić information content (AvgIpc) is 2.72. The number of rotatable bonds is 7. The van der Waals surface area contributed by atoms with E-state index >= 15 is 0 Å². The van der Waals surface area contributed by atoms with E-state index in [4.69, 9.17) is 0 Å². The Morgan fingerprint density at radius 3 is 1.93 bits per heavy atom. The van der Waals surface area contributed by atoms with Crippen LogP contribution in [0.4, 0.5) is 0 Å². The highest BCUT2D eigenvalue weighted by Crippen LogP contribution is 2.47. The van der Waals surface area contributed by atoms with Gasteiger partial charge >= 0.3 is 0 Å². The molecule has 0 spiro atoms. The first-order chi connectivity index (χ1) is 13.1. The van der Waals surface area contributed by atoms with E-state index in [1.165, 1.54) is 11.1 Å². The van der Waals surface area contributed by atoms with Crippen LogP contribution in [-0.4, -0.2) is 10.7 Å². The van der Waals surface area contributed by atoms with E-state index in [9.17, 15) is 5.11 Å². The van der Waals surface area contributed by atoms with E-state index < -0.39 is 5.60 Å². The van der Waals surface area contributed by atoms with Gasteiger partial charge in [-0.05, 0) is 12.8 Å². The Morgan fingerprint density at radius 2 is 1.41 bits per heavy atom. The van der Waals surface area contributed by atoms with Crippen LogP contribution in [0.1, 0.15) is 76.1 Å². The predicted molar refractivity (Wildman–Crippen MR) is 112 cm³/mol. The van der Waals surface area contributed by atoms with E-state index in [0.29, 0.717) is 6.04 Å². The molecule has 1 aliphatic heterocycles. The summed E-state index contributed by atoms with van der Waals surface area (Å²) in [5.74, 6) is 0.509. The summed E-state index contributed by atoms with van der Waals surface area (Å²) in [5, 5.41) is 14.6. The van der Waals surface area contributed by atoms with Crippen molar-refractivity contribution in [2.24, 2.45) is 11.8 Å². The molecule has 1 saturated heterocycles. The fourth-order valence-electron chi connectivity index (χ4n) is 5.19. The summed E-state index contributed by atoms with van der Waals surface area (Å²) in [5.41, 5.74) is 2.05. The Bertz CT molecular complexity index is 686. The quantitative estimate of drug-likeness (QED) is 0.709. The number of piperidine rings is 1. The minimum absolute atomic E-state index is 0.225. The molecule has 146 valence electrons. The highest BCUT2D eigenvalue weighted by atomic mass is 16.3. The molecule has 3 rings (SSSR count). The first-order valence-electron chi connectivity index (χ1n) is 10.8. The van der Waals surface area contributed by atoms with Crippen LogP contribution in [0.25, 0.3) is 0 Å². The van der Waals surface area contributed by atoms with Crippen molar-refractivity contribution in [2.75, 3.05) is 0 Å². The van der Waals surface area contributed by atoms with Crippen LogP contribution in [0.5, 0.6) is 0 Å². The van der Waals surface area contributed by atoms with E-state index in [2.05, 4.69) is 86.8 Å². The molecular weight excluding hydrogens is 330 g/mol. The molecular formula is C25H36NO+. The summed E-state index contributed by atoms with van der Waals surface area (Å²) < 4.78 is 0. The molecule has 2 aromatic rings. The number of hydrogen-bond donors (Lipinski definition) is 2. The van der Waals surface area contributed by atoms with Crippen molar-refractivity contribution >= 4 is 0 Å². The predicted octanol–water partition coefficient (Wildman–Crippen LogP) is 5.02. The second kappa shape index (κ2) is 9.03. The Morgan fingerprint density at radius 1 is 0.852 bits per heavy atom. The molecule has 0 aliphatic carbocycles. The van der Waals surface area contributed by atoms with E-state index in [-0.39, 0.29) is 17.9 Å². The van der Waals surface area contributed by atoms with Gasteiger partial charge in [-0.3, -0.25) is 0 Å². The summed E-state index contributed by atoms with van der Waals surface area (Å²) in [6.07, 6.45) is 5.30. The second-order valence-corrected chi connectivity index (χ2v) is 8.34. The van der Waals surface area contributed by atoms with Gasteiger partial charge in [-0.25, -0.2) is 0 Å². The van der Waals surface area contributed by atoms with Gasteiger partial charge in [-0.1, -0.05) is 101 Å². The normalized spacial score (nSPS) is 31.0. The largest absolute Gasteiger partial charge is 0.389 e. The lowest BCUT2D eigenvalue weighted by atomic mass is 9.62. The minimum Gasteiger partial charge on any atom is -0.389 e. The Hall–Kier alpha value is -1.64. The smallest absolute Gasteiger partial charge is 0.118 e. The number of nitrogens with two attached hydrogens (primary N) is 1. The highest BCUT2D eigenvalue weighted by molar-refractivity contribution is 5.24. The number of unbranched alkanes of at least 4 members (excludes halogenated alkanes) is 1. The van der Waals surface area contributed by atoms with Crippen LogP contribution in [-0.2, 0) is 0 Å². The Balaban J connectivity index is 2.05. The van der Waals surface area contributed by atoms with E-state index in [1.807, 2.05) is 0 Å². The van der Waals surface area contributed by atoms with Crippen LogP contribution in [0.15, 0.2) is 60.7 Å². The number of hydrogen-bond acceptors (Lipinski definition) is 1. The monoisotopic (exact) mass is 366 g/mol. The lowest BCUT2D eigenvalue weighted by Gasteiger charge is -2.51. The van der Waals surface area contributed by atoms with Gasteiger partial charge in [0.15, 0.2) is 0 Å². The molecule has 0 aromatic heterocycles. The van der Waals surface area contributed by atoms with Gasteiger partial charge in [0.25, 0.3) is 0 Å². The van der Waals surface area contributed by atoms with Crippen molar-refractivity contribution in [1.29, 1.82) is 0 Å². The van der Waals surface area contributed by atoms with E-state index in [0.717, 1.165) is 32.1 Å². The summed E-state index contributed by atoms with van der Waals surface area (Å²) in [4.78, 5) is 0. The molecule has 1 heterocycles. The zero-order valence-corrected chi connectivity index (χ0v) is 17.1. The Labute approximate surface area is 165 Å². The van der Waals surface area contributed by atoms with Crippen LogP contribution in [0.2, 0.25) is 0 Å². The van der Waals surface area contributed by atoms with E-state index in [1.54, 1.807) is 0 Å². The summed E-state index contributed by atoms with van der Waals surface area (Å²) in [7, 11) is 0. The molecule has 2 nitrogen and oxygen atoms in total. The van der Waals surface area contributed by atoms with Gasteiger partial charge in [-0.2, -0.15) is 0 Å². The third-order valence-electron chi connectivity index (χ3n) is 6.72. The summed E-state index contributed by atoms with van der Waals surface area (Å²) >= 11 is 0. The molecule has 0 bridgehead atoms. The van der Waals surface area contributed by atoms with Crippen molar-refractivity contribution in [3.63, 3.8) is 0 Å². The molecule has 1 fully saturated rings.